The van der Waals surface area contributed by atoms with Crippen molar-refractivity contribution >= 4 is 0 Å². The molecule has 0 aliphatic heterocycles. The molecule has 0 N–H and O–H groups in total. The predicted octanol–water partition coefficient (Wildman–Crippen LogP) is 12.4. The van der Waals surface area contributed by atoms with E-state index in [1.54, 1.807) is 6.92 Å². The van der Waals surface area contributed by atoms with Gasteiger partial charge in [-0.2, -0.15) is 48.5 Å². The zero-order chi connectivity index (χ0) is 21.8. The van der Waals surface area contributed by atoms with Gasteiger partial charge in [-0.05, 0) is 6.92 Å². The zero-order valence-electron chi connectivity index (χ0n) is 20.1. The van der Waals surface area contributed by atoms with Crippen LogP contribution in [0.15, 0.2) is 48.5 Å². The first-order chi connectivity index (χ1) is 13.2. The Morgan fingerprint density at radius 2 is 0.818 bits per heavy atom. The second kappa shape index (κ2) is 69.7. The quantitative estimate of drug-likeness (QED) is 0.270. The van der Waals surface area contributed by atoms with Gasteiger partial charge >= 0.3 is 0 Å². The summed E-state index contributed by atoms with van der Waals surface area (Å²) < 4.78 is 0. The fourth-order valence-electron chi connectivity index (χ4n) is 1.12. The van der Waals surface area contributed by atoms with Gasteiger partial charge in [0.2, 0.25) is 0 Å². The first kappa shape index (κ1) is 63.6. The first-order valence-electron chi connectivity index (χ1n) is 10.5. The van der Waals surface area contributed by atoms with E-state index >= 15 is 0 Å². The van der Waals surface area contributed by atoms with E-state index in [2.05, 4.69) is 52.2 Å². The second-order valence-electron chi connectivity index (χ2n) is 4.84. The molecule has 1 heteroatoms. The standard InChI is InChI=1S/C12H8.2C4H10.C3H4.2C2H6.5CH4.Y/c1-3-7-11(8-4-1)12-9-5-2-6-10-12;2*1-3-4-2;1-3-2;2*1-2;;;;;;/h1-7,9H;2*3-4H2,1-2H3;1H,2H3;2*1-2H3;5*1H4;/q-2;;;;;;;;;;;. The van der Waals surface area contributed by atoms with Crippen LogP contribution in [0.25, 0.3) is 11.1 Å². The van der Waals surface area contributed by atoms with Crippen molar-refractivity contribution in [2.24, 2.45) is 0 Å². The van der Waals surface area contributed by atoms with Crippen LogP contribution < -0.4 is 0 Å². The third-order valence-electron chi connectivity index (χ3n) is 2.71. The van der Waals surface area contributed by atoms with Crippen LogP contribution in [0.1, 0.15) is 125 Å². The van der Waals surface area contributed by atoms with Crippen molar-refractivity contribution in [3.8, 4) is 23.5 Å². The van der Waals surface area contributed by atoms with Crippen LogP contribution in [-0.2, 0) is 32.7 Å². The van der Waals surface area contributed by atoms with Gasteiger partial charge in [0.05, 0.1) is 0 Å². The molecule has 0 spiro atoms. The Morgan fingerprint density at radius 1 is 0.606 bits per heavy atom. The van der Waals surface area contributed by atoms with Crippen LogP contribution in [0.4, 0.5) is 0 Å². The van der Waals surface area contributed by atoms with E-state index in [1.807, 2.05) is 76.2 Å². The van der Waals surface area contributed by atoms with E-state index in [9.17, 15) is 0 Å². The normalized spacial score (nSPS) is 5.94. The number of hydrogen-bond donors (Lipinski definition) is 0. The summed E-state index contributed by atoms with van der Waals surface area (Å²) >= 11 is 0. The molecule has 1 radical (unpaired) electrons. The summed E-state index contributed by atoms with van der Waals surface area (Å²) in [5.74, 6) is 2.25. The molecular formula is C32H64Y-2. The average molecular weight is 538 g/mol. The summed E-state index contributed by atoms with van der Waals surface area (Å²) in [6.45, 7) is 18.4. The van der Waals surface area contributed by atoms with Gasteiger partial charge in [-0.25, -0.2) is 11.1 Å². The topological polar surface area (TPSA) is 0 Å². The molecule has 33 heavy (non-hydrogen) atoms. The van der Waals surface area contributed by atoms with Crippen LogP contribution in [-0.4, -0.2) is 0 Å². The fourth-order valence-corrected chi connectivity index (χ4v) is 1.12. The molecule has 197 valence electrons. The van der Waals surface area contributed by atoms with Crippen LogP contribution in [0.3, 0.4) is 0 Å². The van der Waals surface area contributed by atoms with E-state index in [1.165, 1.54) is 25.7 Å². The number of unbranched alkanes of at least 4 members (excludes halogenated alkanes) is 2. The molecule has 0 amide bonds. The Morgan fingerprint density at radius 3 is 0.939 bits per heavy atom. The summed E-state index contributed by atoms with van der Waals surface area (Å²) in [5, 5.41) is 0. The van der Waals surface area contributed by atoms with E-state index in [4.69, 9.17) is 0 Å². The monoisotopic (exact) mass is 537 g/mol. The van der Waals surface area contributed by atoms with Crippen molar-refractivity contribution in [1.82, 2.24) is 0 Å². The van der Waals surface area contributed by atoms with Crippen molar-refractivity contribution < 1.29 is 32.7 Å². The van der Waals surface area contributed by atoms with Crippen molar-refractivity contribution in [2.75, 3.05) is 0 Å². The summed E-state index contributed by atoms with van der Waals surface area (Å²) in [6, 6.07) is 22.1. The third kappa shape index (κ3) is 59.2. The molecule has 0 aliphatic rings. The number of rotatable bonds is 3. The van der Waals surface area contributed by atoms with Crippen LogP contribution >= 0.6 is 0 Å². The van der Waals surface area contributed by atoms with E-state index in [0.29, 0.717) is 0 Å². The minimum atomic E-state index is 0. The largest absolute Gasteiger partial charge is 0.226 e. The van der Waals surface area contributed by atoms with Gasteiger partial charge in [-0.15, -0.1) is 24.5 Å². The molecule has 0 aliphatic carbocycles. The fraction of sp³-hybridized carbons (Fsp3) is 0.562. The summed E-state index contributed by atoms with van der Waals surface area (Å²) in [5.41, 5.74) is 2.19. The molecule has 2 rings (SSSR count). The summed E-state index contributed by atoms with van der Waals surface area (Å²) in [7, 11) is 0. The van der Waals surface area contributed by atoms with E-state index < -0.39 is 0 Å². The molecule has 0 atom stereocenters. The smallest absolute Gasteiger partial charge is 0 e. The molecule has 2 aromatic carbocycles. The van der Waals surface area contributed by atoms with Crippen molar-refractivity contribution in [3.05, 3.63) is 60.7 Å². The maximum absolute atomic E-state index is 4.60. The van der Waals surface area contributed by atoms with Crippen LogP contribution in [0, 0.1) is 24.5 Å². The second-order valence-corrected chi connectivity index (χ2v) is 4.84. The summed E-state index contributed by atoms with van der Waals surface area (Å²) in [4.78, 5) is 0. The van der Waals surface area contributed by atoms with Gasteiger partial charge in [0.15, 0.2) is 0 Å². The minimum absolute atomic E-state index is 0. The molecule has 0 saturated carbocycles. The maximum Gasteiger partial charge on any atom is 0 e. The first-order valence-corrected chi connectivity index (χ1v) is 10.5. The molecule has 0 nitrogen and oxygen atoms in total. The molecule has 0 unspecified atom stereocenters. The van der Waals surface area contributed by atoms with Crippen molar-refractivity contribution in [2.45, 2.75) is 125 Å². The van der Waals surface area contributed by atoms with Gasteiger partial charge in [0, 0.05) is 32.7 Å². The predicted molar refractivity (Wildman–Crippen MR) is 162 cm³/mol. The number of terminal acetylenes is 1. The van der Waals surface area contributed by atoms with Gasteiger partial charge in [-0.3, -0.25) is 0 Å². The third-order valence-corrected chi connectivity index (χ3v) is 2.71. The number of benzene rings is 2. The Labute approximate surface area is 240 Å². The minimum Gasteiger partial charge on any atom is -0.226 e. The Balaban J connectivity index is -0.0000000275. The molecule has 2 aromatic rings. The van der Waals surface area contributed by atoms with Gasteiger partial charge in [0.1, 0.15) is 0 Å². The average Bonchev–Trinajstić information content (AvgIpc) is 2.78. The zero-order valence-corrected chi connectivity index (χ0v) is 22.9. The van der Waals surface area contributed by atoms with Crippen molar-refractivity contribution in [1.29, 1.82) is 0 Å². The van der Waals surface area contributed by atoms with Crippen LogP contribution in [0.2, 0.25) is 0 Å². The maximum atomic E-state index is 4.60. The van der Waals surface area contributed by atoms with Crippen LogP contribution in [0.5, 0.6) is 0 Å². The Bertz CT molecular complexity index is 423. The molecule has 0 bridgehead atoms. The molecular weight excluding hydrogens is 473 g/mol. The number of hydrogen-bond acceptors (Lipinski definition) is 0. The Hall–Kier alpha value is -0.896. The summed E-state index contributed by atoms with van der Waals surface area (Å²) in [6.07, 6.45) is 9.88. The van der Waals surface area contributed by atoms with Gasteiger partial charge in [-0.1, -0.05) is 118 Å². The molecule has 0 aromatic heterocycles. The van der Waals surface area contributed by atoms with Crippen molar-refractivity contribution in [3.63, 3.8) is 0 Å². The Kier molecular flexibility index (Phi) is 134. The molecule has 0 fully saturated rings. The SMILES string of the molecule is C.C.C.C.C.C#CC.CC.CC.CCCC.CCCC.[Y].[c-]1ccccc1-c1[c-]cccc1. The van der Waals surface area contributed by atoms with E-state index in [-0.39, 0.29) is 69.8 Å². The molecule has 0 saturated heterocycles. The van der Waals surface area contributed by atoms with Gasteiger partial charge in [0.25, 0.3) is 0 Å². The molecule has 0 heterocycles. The van der Waals surface area contributed by atoms with E-state index in [0.717, 1.165) is 11.1 Å². The van der Waals surface area contributed by atoms with Gasteiger partial charge < -0.3 is 0 Å².